The largest absolute Gasteiger partial charge is 0.496 e. The molecule has 2 aromatic rings. The zero-order chi connectivity index (χ0) is 14.8. The van der Waals surface area contributed by atoms with Crippen molar-refractivity contribution < 1.29 is 9.47 Å². The summed E-state index contributed by atoms with van der Waals surface area (Å²) in [5.41, 5.74) is 7.65. The Morgan fingerprint density at radius 1 is 1.33 bits per heavy atom. The van der Waals surface area contributed by atoms with Gasteiger partial charge in [0.25, 0.3) is 0 Å². The molecule has 2 aromatic carbocycles. The minimum atomic E-state index is 0.158. The van der Waals surface area contributed by atoms with Gasteiger partial charge in [0.2, 0.25) is 0 Å². The quantitative estimate of drug-likeness (QED) is 0.682. The normalized spacial score (nSPS) is 16.4. The van der Waals surface area contributed by atoms with Gasteiger partial charge in [-0.1, -0.05) is 11.6 Å². The Morgan fingerprint density at radius 3 is 3.00 bits per heavy atom. The summed E-state index contributed by atoms with van der Waals surface area (Å²) in [5, 5.41) is 0.755. The predicted molar refractivity (Wildman–Crippen MR) is 87.7 cm³/mol. The fraction of sp³-hybridized carbons (Fsp3) is 0.250. The van der Waals surface area contributed by atoms with Crippen LogP contribution in [-0.2, 0) is 6.42 Å². The summed E-state index contributed by atoms with van der Waals surface area (Å²) in [6, 6.07) is 11.5. The van der Waals surface area contributed by atoms with E-state index in [2.05, 4.69) is 0 Å². The highest BCUT2D eigenvalue weighted by molar-refractivity contribution is 7.99. The number of benzene rings is 2. The maximum atomic E-state index is 6.01. The number of nitrogens with two attached hydrogens (primary N) is 1. The molecule has 0 bridgehead atoms. The van der Waals surface area contributed by atoms with Crippen LogP contribution in [0.3, 0.4) is 0 Å². The standard InChI is InChI=1S/C16H16ClNO2S/c1-19-15-8-12(18)3-5-16(15)21-9-13-7-10-6-11(17)2-4-14(10)20-13/h2-6,8,13H,7,9,18H2,1H3. The van der Waals surface area contributed by atoms with E-state index in [9.17, 15) is 0 Å². The molecule has 1 unspecified atom stereocenters. The molecule has 5 heteroatoms. The van der Waals surface area contributed by atoms with E-state index in [1.165, 1.54) is 5.56 Å². The molecule has 1 aliphatic heterocycles. The van der Waals surface area contributed by atoms with E-state index >= 15 is 0 Å². The molecule has 0 saturated carbocycles. The predicted octanol–water partition coefficient (Wildman–Crippen LogP) is 4.03. The Labute approximate surface area is 133 Å². The minimum Gasteiger partial charge on any atom is -0.496 e. The number of hydrogen-bond acceptors (Lipinski definition) is 4. The number of rotatable bonds is 4. The average molecular weight is 322 g/mol. The Morgan fingerprint density at radius 2 is 2.19 bits per heavy atom. The molecular formula is C16H16ClNO2S. The summed E-state index contributed by atoms with van der Waals surface area (Å²) < 4.78 is 11.3. The number of ether oxygens (including phenoxy) is 2. The minimum absolute atomic E-state index is 0.158. The second-order valence-corrected chi connectivity index (χ2v) is 6.42. The summed E-state index contributed by atoms with van der Waals surface area (Å²) >= 11 is 7.72. The van der Waals surface area contributed by atoms with Crippen molar-refractivity contribution in [1.82, 2.24) is 0 Å². The molecule has 1 aliphatic rings. The van der Waals surface area contributed by atoms with Gasteiger partial charge in [0.15, 0.2) is 0 Å². The SMILES string of the molecule is COc1cc(N)ccc1SCC1Cc2cc(Cl)ccc2O1. The fourth-order valence-electron chi connectivity index (χ4n) is 2.37. The number of halogens is 1. The van der Waals surface area contributed by atoms with E-state index in [4.69, 9.17) is 26.8 Å². The highest BCUT2D eigenvalue weighted by Gasteiger charge is 2.23. The lowest BCUT2D eigenvalue weighted by Crippen LogP contribution is -2.15. The van der Waals surface area contributed by atoms with Crippen molar-refractivity contribution >= 4 is 29.1 Å². The van der Waals surface area contributed by atoms with Crippen LogP contribution in [0, 0.1) is 0 Å². The van der Waals surface area contributed by atoms with Crippen LogP contribution < -0.4 is 15.2 Å². The van der Waals surface area contributed by atoms with Crippen LogP contribution in [0.1, 0.15) is 5.56 Å². The van der Waals surface area contributed by atoms with Crippen LogP contribution in [-0.4, -0.2) is 19.0 Å². The summed E-state index contributed by atoms with van der Waals surface area (Å²) in [6.07, 6.45) is 1.05. The second-order valence-electron chi connectivity index (χ2n) is 4.92. The third kappa shape index (κ3) is 3.22. The zero-order valence-corrected chi connectivity index (χ0v) is 13.2. The van der Waals surface area contributed by atoms with Crippen LogP contribution in [0.2, 0.25) is 5.02 Å². The number of fused-ring (bicyclic) bond motifs is 1. The highest BCUT2D eigenvalue weighted by Crippen LogP contribution is 2.36. The number of thioether (sulfide) groups is 1. The van der Waals surface area contributed by atoms with Gasteiger partial charge in [-0.2, -0.15) is 0 Å². The van der Waals surface area contributed by atoms with E-state index in [1.54, 1.807) is 18.9 Å². The Hall–Kier alpha value is -1.52. The number of hydrogen-bond donors (Lipinski definition) is 1. The van der Waals surface area contributed by atoms with Crippen molar-refractivity contribution in [2.45, 2.75) is 17.4 Å². The zero-order valence-electron chi connectivity index (χ0n) is 11.6. The molecule has 1 heterocycles. The molecule has 3 nitrogen and oxygen atoms in total. The maximum absolute atomic E-state index is 6.01. The van der Waals surface area contributed by atoms with Crippen LogP contribution in [0.5, 0.6) is 11.5 Å². The molecule has 0 spiro atoms. The van der Waals surface area contributed by atoms with Crippen molar-refractivity contribution in [3.8, 4) is 11.5 Å². The van der Waals surface area contributed by atoms with Crippen molar-refractivity contribution in [3.05, 3.63) is 47.0 Å². The van der Waals surface area contributed by atoms with Gasteiger partial charge in [0.05, 0.1) is 7.11 Å². The van der Waals surface area contributed by atoms with Crippen LogP contribution >= 0.6 is 23.4 Å². The molecule has 0 amide bonds. The number of nitrogen functional groups attached to an aromatic ring is 1. The van der Waals surface area contributed by atoms with Crippen molar-refractivity contribution in [2.75, 3.05) is 18.6 Å². The third-order valence-corrected chi connectivity index (χ3v) is 4.80. The topological polar surface area (TPSA) is 44.5 Å². The van der Waals surface area contributed by atoms with Gasteiger partial charge in [-0.05, 0) is 35.9 Å². The second kappa shape index (κ2) is 6.08. The lowest BCUT2D eigenvalue weighted by molar-refractivity contribution is 0.259. The molecule has 0 fully saturated rings. The molecule has 21 heavy (non-hydrogen) atoms. The molecule has 110 valence electrons. The van der Waals surface area contributed by atoms with Gasteiger partial charge in [0, 0.05) is 33.8 Å². The first-order chi connectivity index (χ1) is 10.2. The fourth-order valence-corrected chi connectivity index (χ4v) is 3.56. The molecule has 0 radical (unpaired) electrons. The van der Waals surface area contributed by atoms with Crippen LogP contribution in [0.25, 0.3) is 0 Å². The first-order valence-electron chi connectivity index (χ1n) is 6.67. The van der Waals surface area contributed by atoms with E-state index in [-0.39, 0.29) is 6.10 Å². The first kappa shape index (κ1) is 14.4. The molecule has 1 atom stereocenters. The Bertz CT molecular complexity index is 663. The Balaban J connectivity index is 1.65. The molecule has 0 aromatic heterocycles. The number of anilines is 1. The van der Waals surface area contributed by atoms with Gasteiger partial charge in [-0.25, -0.2) is 0 Å². The lowest BCUT2D eigenvalue weighted by Gasteiger charge is -2.12. The first-order valence-corrected chi connectivity index (χ1v) is 8.03. The van der Waals surface area contributed by atoms with Crippen LogP contribution in [0.4, 0.5) is 5.69 Å². The summed E-state index contributed by atoms with van der Waals surface area (Å²) in [7, 11) is 1.66. The lowest BCUT2D eigenvalue weighted by atomic mass is 10.1. The van der Waals surface area contributed by atoms with E-state index in [1.807, 2.05) is 36.4 Å². The van der Waals surface area contributed by atoms with Crippen molar-refractivity contribution in [3.63, 3.8) is 0 Å². The van der Waals surface area contributed by atoms with Crippen LogP contribution in [0.15, 0.2) is 41.3 Å². The summed E-state index contributed by atoms with van der Waals surface area (Å²) in [6.45, 7) is 0. The Kier molecular flexibility index (Phi) is 4.17. The van der Waals surface area contributed by atoms with Crippen molar-refractivity contribution in [1.29, 1.82) is 0 Å². The van der Waals surface area contributed by atoms with Crippen molar-refractivity contribution in [2.24, 2.45) is 0 Å². The van der Waals surface area contributed by atoms with Gasteiger partial charge in [-0.3, -0.25) is 0 Å². The van der Waals surface area contributed by atoms with Gasteiger partial charge in [0.1, 0.15) is 17.6 Å². The monoisotopic (exact) mass is 321 g/mol. The molecule has 3 rings (SSSR count). The smallest absolute Gasteiger partial charge is 0.134 e. The van der Waals surface area contributed by atoms with Gasteiger partial charge in [-0.15, -0.1) is 11.8 Å². The molecule has 0 saturated heterocycles. The summed E-state index contributed by atoms with van der Waals surface area (Å²) in [4.78, 5) is 1.07. The van der Waals surface area contributed by atoms with Gasteiger partial charge < -0.3 is 15.2 Å². The molecule has 0 aliphatic carbocycles. The maximum Gasteiger partial charge on any atom is 0.134 e. The van der Waals surface area contributed by atoms with Gasteiger partial charge >= 0.3 is 0 Å². The molecule has 2 N–H and O–H groups in total. The molecular weight excluding hydrogens is 306 g/mol. The van der Waals surface area contributed by atoms with E-state index < -0.39 is 0 Å². The van der Waals surface area contributed by atoms with E-state index in [0.29, 0.717) is 5.69 Å². The van der Waals surface area contributed by atoms with E-state index in [0.717, 1.165) is 33.6 Å². The third-order valence-electron chi connectivity index (χ3n) is 3.38. The number of methoxy groups -OCH3 is 1. The average Bonchev–Trinajstić information content (AvgIpc) is 2.87. The summed E-state index contributed by atoms with van der Waals surface area (Å²) in [5.74, 6) is 2.60. The highest BCUT2D eigenvalue weighted by atomic mass is 35.5.